The maximum Gasteiger partial charge on any atom is 0.251 e. The molecule has 1 amide bonds. The fourth-order valence-corrected chi connectivity index (χ4v) is 2.17. The molecule has 0 bridgehead atoms. The molecule has 0 saturated carbocycles. The molecule has 0 aliphatic heterocycles. The Hall–Kier alpha value is -1.31. The fourth-order valence-electron chi connectivity index (χ4n) is 2.17. The van der Waals surface area contributed by atoms with Crippen LogP contribution in [0.3, 0.4) is 0 Å². The van der Waals surface area contributed by atoms with Crippen LogP contribution in [0.2, 0.25) is 0 Å². The van der Waals surface area contributed by atoms with Gasteiger partial charge in [-0.1, -0.05) is 52.2 Å². The van der Waals surface area contributed by atoms with Crippen molar-refractivity contribution in [1.82, 2.24) is 5.32 Å². The summed E-state index contributed by atoms with van der Waals surface area (Å²) in [5.41, 5.74) is 2.04. The molecule has 0 aromatic heterocycles. The normalized spacial score (nSPS) is 12.2. The molecule has 0 heterocycles. The minimum Gasteiger partial charge on any atom is -0.352 e. The molecule has 2 heteroatoms. The first-order valence-electron chi connectivity index (χ1n) is 7.58. The van der Waals surface area contributed by atoms with E-state index >= 15 is 0 Å². The maximum absolute atomic E-state index is 12.0. The van der Waals surface area contributed by atoms with Crippen molar-refractivity contribution in [3.63, 3.8) is 0 Å². The lowest BCUT2D eigenvalue weighted by Crippen LogP contribution is -2.29. The van der Waals surface area contributed by atoms with E-state index in [-0.39, 0.29) is 5.91 Å². The van der Waals surface area contributed by atoms with Gasteiger partial charge in [-0.2, -0.15) is 0 Å². The summed E-state index contributed by atoms with van der Waals surface area (Å²) in [4.78, 5) is 12.0. The SMILES string of the molecule is CCCC[C@@H](CC)CNC(=O)c1ccc(CC)cc1. The summed E-state index contributed by atoms with van der Waals surface area (Å²) in [5.74, 6) is 0.663. The molecule has 106 valence electrons. The van der Waals surface area contributed by atoms with E-state index in [2.05, 4.69) is 26.1 Å². The van der Waals surface area contributed by atoms with Crippen molar-refractivity contribution in [1.29, 1.82) is 0 Å². The number of nitrogens with one attached hydrogen (secondary N) is 1. The van der Waals surface area contributed by atoms with Crippen molar-refractivity contribution in [2.24, 2.45) is 5.92 Å². The number of carbonyl (C=O) groups excluding carboxylic acids is 1. The van der Waals surface area contributed by atoms with Gasteiger partial charge in [0.05, 0.1) is 0 Å². The van der Waals surface area contributed by atoms with E-state index in [9.17, 15) is 4.79 Å². The Labute approximate surface area is 117 Å². The van der Waals surface area contributed by atoms with Gasteiger partial charge < -0.3 is 5.32 Å². The van der Waals surface area contributed by atoms with Crippen LogP contribution in [-0.2, 0) is 6.42 Å². The summed E-state index contributed by atoms with van der Waals surface area (Å²) < 4.78 is 0. The molecule has 0 aliphatic rings. The molecule has 0 aliphatic carbocycles. The van der Waals surface area contributed by atoms with E-state index in [4.69, 9.17) is 0 Å². The van der Waals surface area contributed by atoms with Crippen LogP contribution in [0.15, 0.2) is 24.3 Å². The lowest BCUT2D eigenvalue weighted by atomic mass is 9.99. The first-order valence-corrected chi connectivity index (χ1v) is 7.58. The van der Waals surface area contributed by atoms with Crippen molar-refractivity contribution in [3.05, 3.63) is 35.4 Å². The summed E-state index contributed by atoms with van der Waals surface area (Å²) in [5, 5.41) is 3.06. The van der Waals surface area contributed by atoms with Gasteiger partial charge in [-0.25, -0.2) is 0 Å². The van der Waals surface area contributed by atoms with E-state index in [1.54, 1.807) is 0 Å². The highest BCUT2D eigenvalue weighted by Gasteiger charge is 2.09. The summed E-state index contributed by atoms with van der Waals surface area (Å²) in [6.45, 7) is 7.32. The molecule has 1 atom stereocenters. The lowest BCUT2D eigenvalue weighted by Gasteiger charge is -2.15. The Morgan fingerprint density at radius 2 is 1.84 bits per heavy atom. The number of hydrogen-bond donors (Lipinski definition) is 1. The summed E-state index contributed by atoms with van der Waals surface area (Å²) in [6, 6.07) is 7.90. The molecule has 2 nitrogen and oxygen atoms in total. The summed E-state index contributed by atoms with van der Waals surface area (Å²) in [6.07, 6.45) is 5.83. The average Bonchev–Trinajstić information content (AvgIpc) is 2.47. The Kier molecular flexibility index (Phi) is 7.24. The van der Waals surface area contributed by atoms with Gasteiger partial charge in [-0.3, -0.25) is 4.79 Å². The zero-order valence-corrected chi connectivity index (χ0v) is 12.5. The number of amides is 1. The van der Waals surface area contributed by atoms with Crippen molar-refractivity contribution in [2.45, 2.75) is 52.9 Å². The Morgan fingerprint density at radius 3 is 2.37 bits per heavy atom. The smallest absolute Gasteiger partial charge is 0.251 e. The molecule has 0 saturated heterocycles. The van der Waals surface area contributed by atoms with Crippen LogP contribution in [0, 0.1) is 5.92 Å². The largest absolute Gasteiger partial charge is 0.352 e. The van der Waals surface area contributed by atoms with E-state index in [1.165, 1.54) is 24.8 Å². The van der Waals surface area contributed by atoms with Crippen molar-refractivity contribution >= 4 is 5.91 Å². The lowest BCUT2D eigenvalue weighted by molar-refractivity contribution is 0.0946. The quantitative estimate of drug-likeness (QED) is 0.746. The van der Waals surface area contributed by atoms with Crippen LogP contribution >= 0.6 is 0 Å². The highest BCUT2D eigenvalue weighted by atomic mass is 16.1. The van der Waals surface area contributed by atoms with Gasteiger partial charge >= 0.3 is 0 Å². The van der Waals surface area contributed by atoms with Gasteiger partial charge in [-0.15, -0.1) is 0 Å². The van der Waals surface area contributed by atoms with Gasteiger partial charge in [0.25, 0.3) is 5.91 Å². The van der Waals surface area contributed by atoms with Crippen molar-refractivity contribution in [2.75, 3.05) is 6.54 Å². The zero-order chi connectivity index (χ0) is 14.1. The topological polar surface area (TPSA) is 29.1 Å². The third-order valence-corrected chi connectivity index (χ3v) is 3.72. The van der Waals surface area contributed by atoms with E-state index in [1.807, 2.05) is 24.3 Å². The molecule has 0 fully saturated rings. The molecule has 0 spiro atoms. The molecular formula is C17H27NO. The van der Waals surface area contributed by atoms with Crippen molar-refractivity contribution < 1.29 is 4.79 Å². The van der Waals surface area contributed by atoms with Crippen LogP contribution in [0.5, 0.6) is 0 Å². The molecule has 1 aromatic rings. The second-order valence-electron chi connectivity index (χ2n) is 5.18. The molecular weight excluding hydrogens is 234 g/mol. The highest BCUT2D eigenvalue weighted by Crippen LogP contribution is 2.12. The molecule has 0 radical (unpaired) electrons. The first-order chi connectivity index (χ1) is 9.21. The number of unbranched alkanes of at least 4 members (excludes halogenated alkanes) is 1. The van der Waals surface area contributed by atoms with Gasteiger partial charge in [0, 0.05) is 12.1 Å². The van der Waals surface area contributed by atoms with Crippen LogP contribution in [0.4, 0.5) is 0 Å². The standard InChI is InChI=1S/C17H27NO/c1-4-7-8-15(6-3)13-18-17(19)16-11-9-14(5-2)10-12-16/h9-12,15H,4-8,13H2,1-3H3,(H,18,19)/t15-/m1/s1. The van der Waals surface area contributed by atoms with Crippen LogP contribution in [0.1, 0.15) is 62.4 Å². The third-order valence-electron chi connectivity index (χ3n) is 3.72. The minimum atomic E-state index is 0.0533. The van der Waals surface area contributed by atoms with Crippen molar-refractivity contribution in [3.8, 4) is 0 Å². The molecule has 1 N–H and O–H groups in total. The fraction of sp³-hybridized carbons (Fsp3) is 0.588. The Morgan fingerprint density at radius 1 is 1.16 bits per heavy atom. The van der Waals surface area contributed by atoms with E-state index in [0.29, 0.717) is 5.92 Å². The van der Waals surface area contributed by atoms with Gasteiger partial charge in [0.15, 0.2) is 0 Å². The summed E-state index contributed by atoms with van der Waals surface area (Å²) in [7, 11) is 0. The summed E-state index contributed by atoms with van der Waals surface area (Å²) >= 11 is 0. The predicted octanol–water partition coefficient (Wildman–Crippen LogP) is 4.20. The number of rotatable bonds is 8. The molecule has 19 heavy (non-hydrogen) atoms. The number of carbonyl (C=O) groups is 1. The second kappa shape index (κ2) is 8.73. The highest BCUT2D eigenvalue weighted by molar-refractivity contribution is 5.94. The van der Waals surface area contributed by atoms with E-state index in [0.717, 1.165) is 24.9 Å². The number of aryl methyl sites for hydroxylation is 1. The predicted molar refractivity (Wildman–Crippen MR) is 81.5 cm³/mol. The molecule has 0 unspecified atom stereocenters. The minimum absolute atomic E-state index is 0.0533. The van der Waals surface area contributed by atoms with Crippen LogP contribution in [0.25, 0.3) is 0 Å². The third kappa shape index (κ3) is 5.46. The Balaban J connectivity index is 2.44. The Bertz CT molecular complexity index is 369. The zero-order valence-electron chi connectivity index (χ0n) is 12.5. The number of hydrogen-bond acceptors (Lipinski definition) is 1. The van der Waals surface area contributed by atoms with Gasteiger partial charge in [-0.05, 0) is 36.5 Å². The van der Waals surface area contributed by atoms with Crippen LogP contribution in [-0.4, -0.2) is 12.5 Å². The second-order valence-corrected chi connectivity index (χ2v) is 5.18. The maximum atomic E-state index is 12.0. The number of benzene rings is 1. The monoisotopic (exact) mass is 261 g/mol. The molecule has 1 rings (SSSR count). The average molecular weight is 261 g/mol. The van der Waals surface area contributed by atoms with Crippen LogP contribution < -0.4 is 5.32 Å². The van der Waals surface area contributed by atoms with E-state index < -0.39 is 0 Å². The molecule has 1 aromatic carbocycles. The van der Waals surface area contributed by atoms with Gasteiger partial charge in [0.1, 0.15) is 0 Å². The van der Waals surface area contributed by atoms with Gasteiger partial charge in [0.2, 0.25) is 0 Å². The first kappa shape index (κ1) is 15.7.